The third-order valence-corrected chi connectivity index (χ3v) is 4.82. The zero-order chi connectivity index (χ0) is 20.6. The van der Waals surface area contributed by atoms with Crippen LogP contribution in [-0.4, -0.2) is 54.1 Å². The first kappa shape index (κ1) is 21.0. The number of benzene rings is 1. The number of hydrogen-bond donors (Lipinski definition) is 2. The molecule has 1 aliphatic rings. The summed E-state index contributed by atoms with van der Waals surface area (Å²) in [5.41, 5.74) is 1.15. The van der Waals surface area contributed by atoms with Crippen LogP contribution in [0.4, 0.5) is 10.1 Å². The Morgan fingerprint density at radius 2 is 2.17 bits per heavy atom. The van der Waals surface area contributed by atoms with Crippen molar-refractivity contribution in [3.63, 3.8) is 0 Å². The summed E-state index contributed by atoms with van der Waals surface area (Å²) in [4.78, 5) is 7.04. The Morgan fingerprint density at radius 3 is 2.86 bits per heavy atom. The number of aromatic nitrogens is 2. The van der Waals surface area contributed by atoms with Crippen molar-refractivity contribution in [2.24, 2.45) is 12.0 Å². The summed E-state index contributed by atoms with van der Waals surface area (Å²) in [6.45, 7) is 7.27. The van der Waals surface area contributed by atoms with Gasteiger partial charge in [-0.3, -0.25) is 4.68 Å². The molecule has 29 heavy (non-hydrogen) atoms. The van der Waals surface area contributed by atoms with E-state index in [0.29, 0.717) is 18.3 Å². The van der Waals surface area contributed by atoms with Crippen molar-refractivity contribution in [1.29, 1.82) is 0 Å². The molecule has 1 fully saturated rings. The van der Waals surface area contributed by atoms with Gasteiger partial charge in [0.25, 0.3) is 0 Å². The van der Waals surface area contributed by atoms with E-state index in [0.717, 1.165) is 44.1 Å². The lowest BCUT2D eigenvalue weighted by Gasteiger charge is -2.34. The van der Waals surface area contributed by atoms with Gasteiger partial charge in [0.2, 0.25) is 0 Å². The summed E-state index contributed by atoms with van der Waals surface area (Å²) >= 11 is 0. The Kier molecular flexibility index (Phi) is 7.32. The van der Waals surface area contributed by atoms with Gasteiger partial charge in [-0.2, -0.15) is 5.10 Å². The Morgan fingerprint density at radius 1 is 1.38 bits per heavy atom. The summed E-state index contributed by atoms with van der Waals surface area (Å²) < 4.78 is 20.7. The predicted molar refractivity (Wildman–Crippen MR) is 114 cm³/mol. The summed E-state index contributed by atoms with van der Waals surface area (Å²) in [5, 5.41) is 11.1. The van der Waals surface area contributed by atoms with E-state index in [2.05, 4.69) is 38.7 Å². The minimum absolute atomic E-state index is 0.117. The van der Waals surface area contributed by atoms with Crippen LogP contribution < -0.4 is 20.3 Å². The van der Waals surface area contributed by atoms with Gasteiger partial charge in [-0.15, -0.1) is 0 Å². The molecule has 0 amide bonds. The lowest BCUT2D eigenvalue weighted by atomic mass is 10.1. The quantitative estimate of drug-likeness (QED) is 0.550. The van der Waals surface area contributed by atoms with Crippen molar-refractivity contribution in [1.82, 2.24) is 20.4 Å². The highest BCUT2D eigenvalue weighted by Gasteiger charge is 2.21. The van der Waals surface area contributed by atoms with Gasteiger partial charge in [-0.05, 0) is 51.0 Å². The molecule has 1 saturated heterocycles. The maximum absolute atomic E-state index is 13.0. The van der Waals surface area contributed by atoms with Crippen LogP contribution in [0.1, 0.15) is 26.7 Å². The lowest BCUT2D eigenvalue weighted by molar-refractivity contribution is 0.230. The molecule has 0 aliphatic carbocycles. The normalized spacial score (nSPS) is 18.4. The molecule has 2 N–H and O–H groups in total. The number of aryl methyl sites for hydroxylation is 1. The maximum Gasteiger partial charge on any atom is 0.191 e. The molecule has 1 aliphatic heterocycles. The van der Waals surface area contributed by atoms with Crippen molar-refractivity contribution in [3.8, 4) is 5.75 Å². The molecule has 0 bridgehead atoms. The second-order valence-corrected chi connectivity index (χ2v) is 7.40. The van der Waals surface area contributed by atoms with E-state index in [4.69, 9.17) is 4.74 Å². The minimum atomic E-state index is -0.269. The third kappa shape index (κ3) is 6.37. The Labute approximate surface area is 172 Å². The standard InChI is InChI=1S/C21H31FN6O/c1-4-23-21(24-12-16(2)29-20-9-7-17(22)8-10-20)26-18-6-5-11-28(14-18)19-13-25-27(3)15-19/h7-10,13,15-16,18H,4-6,11-12,14H2,1-3H3,(H2,23,24,26). The molecule has 3 rings (SSSR count). The molecule has 8 heteroatoms. The van der Waals surface area contributed by atoms with E-state index >= 15 is 0 Å². The second-order valence-electron chi connectivity index (χ2n) is 7.40. The van der Waals surface area contributed by atoms with Gasteiger partial charge in [0.1, 0.15) is 17.7 Å². The highest BCUT2D eigenvalue weighted by Crippen LogP contribution is 2.19. The fraction of sp³-hybridized carbons (Fsp3) is 0.524. The van der Waals surface area contributed by atoms with Crippen LogP contribution in [-0.2, 0) is 7.05 Å². The Bertz CT molecular complexity index is 791. The van der Waals surface area contributed by atoms with Gasteiger partial charge in [-0.1, -0.05) is 0 Å². The van der Waals surface area contributed by atoms with E-state index < -0.39 is 0 Å². The molecule has 1 aromatic heterocycles. The van der Waals surface area contributed by atoms with Crippen LogP contribution in [0.3, 0.4) is 0 Å². The molecule has 0 radical (unpaired) electrons. The van der Waals surface area contributed by atoms with Crippen molar-refractivity contribution in [2.75, 3.05) is 31.1 Å². The smallest absolute Gasteiger partial charge is 0.191 e. The average molecular weight is 403 g/mol. The number of piperidine rings is 1. The van der Waals surface area contributed by atoms with Crippen LogP contribution in [0.2, 0.25) is 0 Å². The highest BCUT2D eigenvalue weighted by molar-refractivity contribution is 5.80. The first-order valence-corrected chi connectivity index (χ1v) is 10.2. The number of rotatable bonds is 7. The van der Waals surface area contributed by atoms with Gasteiger partial charge >= 0.3 is 0 Å². The minimum Gasteiger partial charge on any atom is -0.489 e. The van der Waals surface area contributed by atoms with Crippen LogP contribution in [0.5, 0.6) is 5.75 Å². The molecule has 1 aromatic carbocycles. The summed E-state index contributed by atoms with van der Waals surface area (Å²) in [7, 11) is 1.94. The van der Waals surface area contributed by atoms with Crippen molar-refractivity contribution in [3.05, 3.63) is 42.5 Å². The number of aliphatic imine (C=N–C) groups is 1. The fourth-order valence-corrected chi connectivity index (χ4v) is 3.42. The van der Waals surface area contributed by atoms with Crippen LogP contribution in [0, 0.1) is 5.82 Å². The van der Waals surface area contributed by atoms with Gasteiger partial charge in [-0.25, -0.2) is 9.38 Å². The number of ether oxygens (including phenoxy) is 1. The second kappa shape index (κ2) is 10.1. The van der Waals surface area contributed by atoms with E-state index in [-0.39, 0.29) is 11.9 Å². The SMILES string of the molecule is CCNC(=NCC(C)Oc1ccc(F)cc1)NC1CCCN(c2cnn(C)c2)C1. The number of anilines is 1. The number of halogens is 1. The summed E-state index contributed by atoms with van der Waals surface area (Å²) in [6.07, 6.45) is 6.07. The van der Waals surface area contributed by atoms with E-state index in [9.17, 15) is 4.39 Å². The fourth-order valence-electron chi connectivity index (χ4n) is 3.42. The van der Waals surface area contributed by atoms with Crippen LogP contribution in [0.25, 0.3) is 0 Å². The molecule has 2 unspecified atom stereocenters. The molecule has 0 spiro atoms. The first-order valence-electron chi connectivity index (χ1n) is 10.2. The van der Waals surface area contributed by atoms with Crippen LogP contribution in [0.15, 0.2) is 41.7 Å². The van der Waals surface area contributed by atoms with Gasteiger partial charge < -0.3 is 20.3 Å². The Balaban J connectivity index is 1.54. The van der Waals surface area contributed by atoms with Crippen molar-refractivity contribution < 1.29 is 9.13 Å². The molecule has 2 atom stereocenters. The lowest BCUT2D eigenvalue weighted by Crippen LogP contribution is -2.51. The molecular formula is C21H31FN6O. The molecule has 2 aromatic rings. The maximum atomic E-state index is 13.0. The van der Waals surface area contributed by atoms with Gasteiger partial charge in [0.15, 0.2) is 5.96 Å². The number of nitrogens with one attached hydrogen (secondary N) is 2. The number of nitrogens with zero attached hydrogens (tertiary/aromatic N) is 4. The van der Waals surface area contributed by atoms with Gasteiger partial charge in [0, 0.05) is 38.9 Å². The Hall–Kier alpha value is -2.77. The average Bonchev–Trinajstić information content (AvgIpc) is 3.15. The zero-order valence-electron chi connectivity index (χ0n) is 17.4. The largest absolute Gasteiger partial charge is 0.489 e. The molecule has 2 heterocycles. The summed E-state index contributed by atoms with van der Waals surface area (Å²) in [6, 6.07) is 6.37. The monoisotopic (exact) mass is 402 g/mol. The molecule has 7 nitrogen and oxygen atoms in total. The first-order chi connectivity index (χ1) is 14.0. The highest BCUT2D eigenvalue weighted by atomic mass is 19.1. The van der Waals surface area contributed by atoms with Crippen LogP contribution >= 0.6 is 0 Å². The number of guanidine groups is 1. The zero-order valence-corrected chi connectivity index (χ0v) is 17.4. The van der Waals surface area contributed by atoms with E-state index in [1.54, 1.807) is 12.1 Å². The van der Waals surface area contributed by atoms with Crippen molar-refractivity contribution in [2.45, 2.75) is 38.8 Å². The van der Waals surface area contributed by atoms with E-state index in [1.807, 2.05) is 24.9 Å². The molecular weight excluding hydrogens is 371 g/mol. The molecule has 158 valence electrons. The van der Waals surface area contributed by atoms with Gasteiger partial charge in [0.05, 0.1) is 18.4 Å². The molecule has 0 saturated carbocycles. The topological polar surface area (TPSA) is 66.7 Å². The van der Waals surface area contributed by atoms with Crippen molar-refractivity contribution >= 4 is 11.6 Å². The predicted octanol–water partition coefficient (Wildman–Crippen LogP) is 2.55. The summed E-state index contributed by atoms with van der Waals surface area (Å²) in [5.74, 6) is 1.17. The number of hydrogen-bond acceptors (Lipinski definition) is 4. The van der Waals surface area contributed by atoms with E-state index in [1.165, 1.54) is 12.1 Å². The third-order valence-electron chi connectivity index (χ3n) is 4.82.